The monoisotopic (exact) mass is 414 g/mol. The molecule has 0 N–H and O–H groups in total. The van der Waals surface area contributed by atoms with Gasteiger partial charge >= 0.3 is 0 Å². The van der Waals surface area contributed by atoms with E-state index in [1.807, 2.05) is 4.90 Å². The first-order valence-electron chi connectivity index (χ1n) is 8.68. The van der Waals surface area contributed by atoms with Crippen LogP contribution in [0.2, 0.25) is 5.02 Å². The highest BCUT2D eigenvalue weighted by molar-refractivity contribution is 6.33. The van der Waals surface area contributed by atoms with E-state index in [0.717, 1.165) is 0 Å². The molecule has 2 aromatic heterocycles. The molecule has 0 unspecified atom stereocenters. The number of carbonyl (C=O) groups is 1. The summed E-state index contributed by atoms with van der Waals surface area (Å²) in [6.45, 7) is 1.96. The van der Waals surface area contributed by atoms with Crippen molar-refractivity contribution < 1.29 is 9.72 Å². The number of nitrogens with zero attached hydrogens (tertiary/aromatic N) is 8. The van der Waals surface area contributed by atoms with E-state index in [1.54, 1.807) is 17.3 Å². The summed E-state index contributed by atoms with van der Waals surface area (Å²) >= 11 is 6.10. The van der Waals surface area contributed by atoms with Crippen LogP contribution < -0.4 is 4.90 Å². The molecule has 0 atom stereocenters. The number of non-ortho nitro benzene ring substituents is 1. The summed E-state index contributed by atoms with van der Waals surface area (Å²) in [6.07, 6.45) is 4.42. The van der Waals surface area contributed by atoms with Crippen molar-refractivity contribution in [2.45, 2.75) is 0 Å². The maximum absolute atomic E-state index is 12.8. The molecule has 4 rings (SSSR count). The molecule has 0 spiro atoms. The molecule has 0 radical (unpaired) electrons. The molecular weight excluding hydrogens is 400 g/mol. The number of amides is 1. The minimum atomic E-state index is -0.549. The Hall–Kier alpha value is -3.60. The van der Waals surface area contributed by atoms with Crippen LogP contribution in [-0.2, 0) is 0 Å². The van der Waals surface area contributed by atoms with Gasteiger partial charge in [-0.1, -0.05) is 11.6 Å². The van der Waals surface area contributed by atoms with E-state index < -0.39 is 4.92 Å². The third-order valence-corrected chi connectivity index (χ3v) is 4.90. The first-order valence-corrected chi connectivity index (χ1v) is 9.06. The van der Waals surface area contributed by atoms with Crippen LogP contribution >= 0.6 is 11.6 Å². The van der Waals surface area contributed by atoms with Crippen LogP contribution in [0.5, 0.6) is 0 Å². The lowest BCUT2D eigenvalue weighted by Crippen LogP contribution is -2.49. The zero-order chi connectivity index (χ0) is 20.4. The van der Waals surface area contributed by atoms with E-state index in [4.69, 9.17) is 11.6 Å². The van der Waals surface area contributed by atoms with Gasteiger partial charge in [-0.25, -0.2) is 19.6 Å². The molecule has 1 aromatic carbocycles. The number of nitro groups is 1. The lowest BCUT2D eigenvalue weighted by Gasteiger charge is -2.35. The van der Waals surface area contributed by atoms with Gasteiger partial charge in [0.05, 0.1) is 15.5 Å². The summed E-state index contributed by atoms with van der Waals surface area (Å²) in [7, 11) is 0. The Morgan fingerprint density at radius 3 is 2.52 bits per heavy atom. The Labute approximate surface area is 169 Å². The van der Waals surface area contributed by atoms with Gasteiger partial charge in [-0.2, -0.15) is 5.10 Å². The number of rotatable bonds is 4. The number of hydrogen-bond donors (Lipinski definition) is 0. The van der Waals surface area contributed by atoms with Gasteiger partial charge in [-0.15, -0.1) is 0 Å². The average molecular weight is 415 g/mol. The Morgan fingerprint density at radius 1 is 1.07 bits per heavy atom. The predicted molar refractivity (Wildman–Crippen MR) is 103 cm³/mol. The molecule has 148 valence electrons. The fourth-order valence-corrected chi connectivity index (χ4v) is 3.26. The second-order valence-electron chi connectivity index (χ2n) is 6.27. The van der Waals surface area contributed by atoms with E-state index in [0.29, 0.717) is 37.8 Å². The number of carbonyl (C=O) groups excluding carboxylic acids is 1. The first kappa shape index (κ1) is 18.7. The summed E-state index contributed by atoms with van der Waals surface area (Å²) in [4.78, 5) is 39.3. The SMILES string of the molecule is O=C(c1cc([N+](=O)[O-])ccc1Cl)N1CCN(c2cc(-n3cncn3)ncn2)CC1. The minimum Gasteiger partial charge on any atom is -0.353 e. The smallest absolute Gasteiger partial charge is 0.270 e. The van der Waals surface area contributed by atoms with Crippen molar-refractivity contribution in [2.24, 2.45) is 0 Å². The van der Waals surface area contributed by atoms with Gasteiger partial charge in [0.1, 0.15) is 24.8 Å². The highest BCUT2D eigenvalue weighted by atomic mass is 35.5. The van der Waals surface area contributed by atoms with Gasteiger partial charge in [0.15, 0.2) is 5.82 Å². The lowest BCUT2D eigenvalue weighted by atomic mass is 10.1. The number of nitro benzene ring substituents is 1. The zero-order valence-electron chi connectivity index (χ0n) is 15.1. The van der Waals surface area contributed by atoms with Gasteiger partial charge in [0.25, 0.3) is 11.6 Å². The Bertz CT molecular complexity index is 1050. The Kier molecular flexibility index (Phi) is 5.04. The van der Waals surface area contributed by atoms with Gasteiger partial charge in [0.2, 0.25) is 0 Å². The van der Waals surface area contributed by atoms with Crippen LogP contribution in [0.3, 0.4) is 0 Å². The summed E-state index contributed by atoms with van der Waals surface area (Å²) in [6, 6.07) is 5.66. The predicted octanol–water partition coefficient (Wildman–Crippen LogP) is 1.58. The molecule has 0 saturated carbocycles. The molecule has 1 fully saturated rings. The van der Waals surface area contributed by atoms with Gasteiger partial charge in [0, 0.05) is 44.4 Å². The van der Waals surface area contributed by atoms with Gasteiger partial charge in [-0.05, 0) is 6.07 Å². The molecule has 11 nitrogen and oxygen atoms in total. The first-order chi connectivity index (χ1) is 14.0. The number of hydrogen-bond acceptors (Lipinski definition) is 8. The standard InChI is InChI=1S/C17H15ClN8O3/c18-14-2-1-12(26(28)29)7-13(14)17(27)24-5-3-23(4-6-24)15-8-16(21-10-20-15)25-11-19-9-22-25/h1-2,7-11H,3-6H2. The highest BCUT2D eigenvalue weighted by Crippen LogP contribution is 2.24. The molecule has 0 bridgehead atoms. The number of halogens is 1. The van der Waals surface area contributed by atoms with Crippen molar-refractivity contribution >= 4 is 29.0 Å². The molecule has 1 aliphatic rings. The molecule has 1 saturated heterocycles. The normalized spacial score (nSPS) is 14.1. The van der Waals surface area contributed by atoms with Crippen molar-refractivity contribution in [2.75, 3.05) is 31.1 Å². The fourth-order valence-electron chi connectivity index (χ4n) is 3.06. The van der Waals surface area contributed by atoms with E-state index in [2.05, 4.69) is 20.1 Å². The number of piperazine rings is 1. The van der Waals surface area contributed by atoms with Crippen LogP contribution in [0.1, 0.15) is 10.4 Å². The van der Waals surface area contributed by atoms with E-state index in [9.17, 15) is 14.9 Å². The Morgan fingerprint density at radius 2 is 1.83 bits per heavy atom. The maximum Gasteiger partial charge on any atom is 0.270 e. The van der Waals surface area contributed by atoms with Crippen molar-refractivity contribution in [3.63, 3.8) is 0 Å². The largest absolute Gasteiger partial charge is 0.353 e. The minimum absolute atomic E-state index is 0.129. The maximum atomic E-state index is 12.8. The van der Waals surface area contributed by atoms with E-state index >= 15 is 0 Å². The third kappa shape index (κ3) is 3.85. The molecule has 3 aromatic rings. The van der Waals surface area contributed by atoms with Crippen molar-refractivity contribution in [3.8, 4) is 5.82 Å². The molecular formula is C17H15ClN8O3. The average Bonchev–Trinajstić information content (AvgIpc) is 3.29. The number of anilines is 1. The van der Waals surface area contributed by atoms with Crippen LogP contribution in [0.4, 0.5) is 11.5 Å². The Balaban J connectivity index is 1.46. The highest BCUT2D eigenvalue weighted by Gasteiger charge is 2.26. The quantitative estimate of drug-likeness (QED) is 0.465. The van der Waals surface area contributed by atoms with Crippen molar-refractivity contribution in [3.05, 3.63) is 63.9 Å². The summed E-state index contributed by atoms with van der Waals surface area (Å²) in [5.74, 6) is 0.977. The number of aromatic nitrogens is 5. The molecule has 29 heavy (non-hydrogen) atoms. The van der Waals surface area contributed by atoms with E-state index in [1.165, 1.54) is 35.5 Å². The molecule has 1 aliphatic heterocycles. The van der Waals surface area contributed by atoms with Crippen LogP contribution in [0.25, 0.3) is 5.82 Å². The lowest BCUT2D eigenvalue weighted by molar-refractivity contribution is -0.384. The van der Waals surface area contributed by atoms with Gasteiger partial charge in [-0.3, -0.25) is 14.9 Å². The summed E-state index contributed by atoms with van der Waals surface area (Å²) < 4.78 is 1.54. The molecule has 12 heteroatoms. The summed E-state index contributed by atoms with van der Waals surface area (Å²) in [5.41, 5.74) is -0.0390. The topological polar surface area (TPSA) is 123 Å². The van der Waals surface area contributed by atoms with E-state index in [-0.39, 0.29) is 22.2 Å². The molecule has 3 heterocycles. The third-order valence-electron chi connectivity index (χ3n) is 4.57. The van der Waals surface area contributed by atoms with Crippen LogP contribution in [0.15, 0.2) is 43.2 Å². The molecule has 1 amide bonds. The zero-order valence-corrected chi connectivity index (χ0v) is 15.8. The number of benzene rings is 1. The van der Waals surface area contributed by atoms with Crippen LogP contribution in [-0.4, -0.2) is 66.6 Å². The molecule has 0 aliphatic carbocycles. The van der Waals surface area contributed by atoms with Gasteiger partial charge < -0.3 is 9.80 Å². The second-order valence-corrected chi connectivity index (χ2v) is 6.68. The van der Waals surface area contributed by atoms with Crippen LogP contribution in [0, 0.1) is 10.1 Å². The second kappa shape index (κ2) is 7.80. The summed E-state index contributed by atoms with van der Waals surface area (Å²) in [5, 5.41) is 15.2. The fraction of sp³-hybridized carbons (Fsp3) is 0.235. The van der Waals surface area contributed by atoms with Crippen molar-refractivity contribution in [1.82, 2.24) is 29.6 Å². The van der Waals surface area contributed by atoms with Crippen molar-refractivity contribution in [1.29, 1.82) is 0 Å².